The van der Waals surface area contributed by atoms with E-state index in [0.29, 0.717) is 18.1 Å². The van der Waals surface area contributed by atoms with E-state index in [0.717, 1.165) is 23.7 Å². The highest BCUT2D eigenvalue weighted by Gasteiger charge is 2.08. The molecular formula is C13H17N5OS. The molecule has 2 heterocycles. The van der Waals surface area contributed by atoms with Crippen molar-refractivity contribution in [2.45, 2.75) is 20.3 Å². The summed E-state index contributed by atoms with van der Waals surface area (Å²) < 4.78 is 0. The lowest BCUT2D eigenvalue weighted by Crippen LogP contribution is -2.26. The Morgan fingerprint density at radius 2 is 2.20 bits per heavy atom. The number of amides is 1. The minimum atomic E-state index is -0.215. The maximum absolute atomic E-state index is 11.9. The lowest BCUT2D eigenvalue weighted by molar-refractivity contribution is 0.0948. The summed E-state index contributed by atoms with van der Waals surface area (Å²) in [5, 5.41) is 16.7. The quantitative estimate of drug-likeness (QED) is 0.846. The van der Waals surface area contributed by atoms with E-state index >= 15 is 0 Å². The van der Waals surface area contributed by atoms with Gasteiger partial charge in [-0.15, -0.1) is 21.5 Å². The van der Waals surface area contributed by atoms with Crippen molar-refractivity contribution in [1.29, 1.82) is 0 Å². The van der Waals surface area contributed by atoms with E-state index in [-0.39, 0.29) is 5.91 Å². The summed E-state index contributed by atoms with van der Waals surface area (Å²) in [7, 11) is 0. The van der Waals surface area contributed by atoms with E-state index in [4.69, 9.17) is 0 Å². The zero-order valence-corrected chi connectivity index (χ0v) is 12.3. The van der Waals surface area contributed by atoms with E-state index in [1.54, 1.807) is 23.5 Å². The first-order valence-electron chi connectivity index (χ1n) is 6.46. The molecule has 2 aromatic heterocycles. The minimum absolute atomic E-state index is 0.215. The third kappa shape index (κ3) is 3.99. The summed E-state index contributed by atoms with van der Waals surface area (Å²) in [6, 6.07) is 3.41. The second-order valence-corrected chi connectivity index (χ2v) is 5.26. The van der Waals surface area contributed by atoms with Crippen molar-refractivity contribution < 1.29 is 4.79 Å². The molecule has 0 bridgehead atoms. The molecule has 2 aromatic rings. The SMILES string of the molecule is CCNc1ccc(C(=O)NCCc2csc(C)n2)nn1. The summed E-state index contributed by atoms with van der Waals surface area (Å²) in [4.78, 5) is 16.2. The Balaban J connectivity index is 1.82. The molecule has 0 fully saturated rings. The predicted octanol–water partition coefficient (Wildman–Crippen LogP) is 1.65. The van der Waals surface area contributed by atoms with Gasteiger partial charge in [-0.05, 0) is 26.0 Å². The first-order chi connectivity index (χ1) is 9.69. The molecule has 106 valence electrons. The van der Waals surface area contributed by atoms with Crippen molar-refractivity contribution in [3.8, 4) is 0 Å². The maximum atomic E-state index is 11.9. The summed E-state index contributed by atoms with van der Waals surface area (Å²) in [5.41, 5.74) is 1.32. The number of aromatic nitrogens is 3. The Morgan fingerprint density at radius 3 is 2.80 bits per heavy atom. The summed E-state index contributed by atoms with van der Waals surface area (Å²) in [5.74, 6) is 0.453. The Morgan fingerprint density at radius 1 is 1.35 bits per heavy atom. The van der Waals surface area contributed by atoms with Gasteiger partial charge in [-0.1, -0.05) is 0 Å². The molecule has 7 heteroatoms. The number of anilines is 1. The number of nitrogens with one attached hydrogen (secondary N) is 2. The molecule has 0 unspecified atom stereocenters. The number of rotatable bonds is 6. The van der Waals surface area contributed by atoms with Crippen LogP contribution in [0.4, 0.5) is 5.82 Å². The van der Waals surface area contributed by atoms with Crippen molar-refractivity contribution in [2.75, 3.05) is 18.4 Å². The third-order valence-corrected chi connectivity index (χ3v) is 3.41. The van der Waals surface area contributed by atoms with Gasteiger partial charge < -0.3 is 10.6 Å². The molecule has 0 radical (unpaired) electrons. The van der Waals surface area contributed by atoms with Gasteiger partial charge >= 0.3 is 0 Å². The van der Waals surface area contributed by atoms with Crippen LogP contribution in [-0.4, -0.2) is 34.2 Å². The number of carbonyl (C=O) groups excluding carboxylic acids is 1. The zero-order chi connectivity index (χ0) is 14.4. The third-order valence-electron chi connectivity index (χ3n) is 2.59. The van der Waals surface area contributed by atoms with Crippen molar-refractivity contribution in [2.24, 2.45) is 0 Å². The summed E-state index contributed by atoms with van der Waals surface area (Å²) >= 11 is 1.61. The van der Waals surface area contributed by atoms with Crippen molar-refractivity contribution >= 4 is 23.1 Å². The number of aryl methyl sites for hydroxylation is 1. The van der Waals surface area contributed by atoms with Crippen LogP contribution in [0.5, 0.6) is 0 Å². The molecular weight excluding hydrogens is 274 g/mol. The molecule has 2 N–H and O–H groups in total. The first kappa shape index (κ1) is 14.4. The standard InChI is InChI=1S/C13H17N5OS/c1-3-14-12-5-4-11(17-18-12)13(19)15-7-6-10-8-20-9(2)16-10/h4-5,8H,3,6-7H2,1-2H3,(H,14,18)(H,15,19). The van der Waals surface area contributed by atoms with Crippen LogP contribution in [0.1, 0.15) is 28.1 Å². The zero-order valence-electron chi connectivity index (χ0n) is 11.5. The van der Waals surface area contributed by atoms with Gasteiger partial charge in [0.05, 0.1) is 10.7 Å². The normalized spacial score (nSPS) is 10.3. The van der Waals surface area contributed by atoms with Gasteiger partial charge in [0.15, 0.2) is 5.69 Å². The molecule has 0 saturated carbocycles. The Kier molecular flexibility index (Phi) is 5.00. The minimum Gasteiger partial charge on any atom is -0.369 e. The van der Waals surface area contributed by atoms with Crippen LogP contribution in [0.15, 0.2) is 17.5 Å². The molecule has 0 spiro atoms. The van der Waals surface area contributed by atoms with Gasteiger partial charge in [0, 0.05) is 24.9 Å². The fourth-order valence-corrected chi connectivity index (χ4v) is 2.29. The fraction of sp³-hybridized carbons (Fsp3) is 0.385. The number of hydrogen-bond acceptors (Lipinski definition) is 6. The van der Waals surface area contributed by atoms with E-state index in [2.05, 4.69) is 25.8 Å². The molecule has 0 aliphatic carbocycles. The smallest absolute Gasteiger partial charge is 0.271 e. The second kappa shape index (κ2) is 6.95. The highest BCUT2D eigenvalue weighted by atomic mass is 32.1. The van der Waals surface area contributed by atoms with Gasteiger partial charge in [-0.25, -0.2) is 4.98 Å². The Bertz CT molecular complexity index is 566. The van der Waals surface area contributed by atoms with Gasteiger partial charge in [0.25, 0.3) is 5.91 Å². The van der Waals surface area contributed by atoms with Crippen molar-refractivity contribution in [1.82, 2.24) is 20.5 Å². The number of carbonyl (C=O) groups is 1. The topological polar surface area (TPSA) is 79.8 Å². The van der Waals surface area contributed by atoms with Crippen LogP contribution >= 0.6 is 11.3 Å². The maximum Gasteiger partial charge on any atom is 0.271 e. The van der Waals surface area contributed by atoms with Crippen LogP contribution in [-0.2, 0) is 6.42 Å². The Hall–Kier alpha value is -2.02. The molecule has 6 nitrogen and oxygen atoms in total. The van der Waals surface area contributed by atoms with Gasteiger partial charge in [-0.2, -0.15) is 0 Å². The summed E-state index contributed by atoms with van der Waals surface area (Å²) in [6.07, 6.45) is 0.721. The summed E-state index contributed by atoms with van der Waals surface area (Å²) in [6.45, 7) is 5.25. The molecule has 0 atom stereocenters. The fourth-order valence-electron chi connectivity index (χ4n) is 1.65. The van der Waals surface area contributed by atoms with Crippen LogP contribution in [0.25, 0.3) is 0 Å². The second-order valence-electron chi connectivity index (χ2n) is 4.20. The van der Waals surface area contributed by atoms with Gasteiger partial charge in [0.2, 0.25) is 0 Å². The number of nitrogens with zero attached hydrogens (tertiary/aromatic N) is 3. The van der Waals surface area contributed by atoms with E-state index in [1.807, 2.05) is 19.2 Å². The van der Waals surface area contributed by atoms with Crippen LogP contribution in [0.3, 0.4) is 0 Å². The number of thiazole rings is 1. The number of hydrogen-bond donors (Lipinski definition) is 2. The molecule has 2 rings (SSSR count). The van der Waals surface area contributed by atoms with E-state index < -0.39 is 0 Å². The molecule has 20 heavy (non-hydrogen) atoms. The molecule has 0 aliphatic rings. The van der Waals surface area contributed by atoms with Crippen LogP contribution in [0.2, 0.25) is 0 Å². The van der Waals surface area contributed by atoms with E-state index in [1.165, 1.54) is 0 Å². The lowest BCUT2D eigenvalue weighted by Gasteiger charge is -2.04. The first-order valence-corrected chi connectivity index (χ1v) is 7.34. The Labute approximate surface area is 121 Å². The molecule has 1 amide bonds. The molecule has 0 aliphatic heterocycles. The largest absolute Gasteiger partial charge is 0.369 e. The molecule has 0 saturated heterocycles. The van der Waals surface area contributed by atoms with Crippen LogP contribution in [0, 0.1) is 6.92 Å². The molecule has 0 aromatic carbocycles. The highest BCUT2D eigenvalue weighted by molar-refractivity contribution is 7.09. The van der Waals surface area contributed by atoms with Gasteiger partial charge in [0.1, 0.15) is 5.82 Å². The average molecular weight is 291 g/mol. The predicted molar refractivity (Wildman–Crippen MR) is 79.1 cm³/mol. The monoisotopic (exact) mass is 291 g/mol. The van der Waals surface area contributed by atoms with Crippen LogP contribution < -0.4 is 10.6 Å². The van der Waals surface area contributed by atoms with Crippen molar-refractivity contribution in [3.05, 3.63) is 33.9 Å². The van der Waals surface area contributed by atoms with E-state index in [9.17, 15) is 4.79 Å². The lowest BCUT2D eigenvalue weighted by atomic mass is 10.3. The van der Waals surface area contributed by atoms with Gasteiger partial charge in [-0.3, -0.25) is 4.79 Å². The van der Waals surface area contributed by atoms with Crippen molar-refractivity contribution in [3.63, 3.8) is 0 Å². The average Bonchev–Trinajstić information content (AvgIpc) is 2.85. The highest BCUT2D eigenvalue weighted by Crippen LogP contribution is 2.08.